The Morgan fingerprint density at radius 3 is 2.07 bits per heavy atom. The Morgan fingerprint density at radius 1 is 0.929 bits per heavy atom. The molecule has 3 rings (SSSR count). The Kier molecular flexibility index (Phi) is 5.16. The highest BCUT2D eigenvalue weighted by atomic mass is 32.2. The Hall–Kier alpha value is -2.51. The lowest BCUT2D eigenvalue weighted by molar-refractivity contribution is -0.143. The third kappa shape index (κ3) is 3.25. The number of halogens is 3. The molecule has 0 aliphatic carbocycles. The van der Waals surface area contributed by atoms with Gasteiger partial charge in [0.05, 0.1) is 6.67 Å². The largest absolute Gasteiger partial charge is 0.335 e. The number of rotatable bonds is 4. The molecule has 152 valence electrons. The van der Waals surface area contributed by atoms with E-state index in [4.69, 9.17) is 0 Å². The van der Waals surface area contributed by atoms with E-state index in [1.165, 1.54) is 7.05 Å². The molecule has 4 amide bonds. The zero-order valence-electron chi connectivity index (χ0n) is 14.6. The predicted molar refractivity (Wildman–Crippen MR) is 86.5 cm³/mol. The number of nitrogens with zero attached hydrogens (tertiary/aromatic N) is 4. The van der Waals surface area contributed by atoms with Crippen LogP contribution >= 0.6 is 0 Å². The first-order valence-corrected chi connectivity index (χ1v) is 9.49. The van der Waals surface area contributed by atoms with E-state index in [1.807, 2.05) is 0 Å². The predicted octanol–water partition coefficient (Wildman–Crippen LogP) is -0.212. The number of imide groups is 2. The topological polar surface area (TPSA) is 98.3 Å². The summed E-state index contributed by atoms with van der Waals surface area (Å²) in [5.74, 6) is -7.11. The maximum atomic E-state index is 13.9. The summed E-state index contributed by atoms with van der Waals surface area (Å²) in [7, 11) is -3.24. The van der Waals surface area contributed by atoms with Crippen molar-refractivity contribution in [3.63, 3.8) is 0 Å². The summed E-state index contributed by atoms with van der Waals surface area (Å²) in [5, 5.41) is 0. The van der Waals surface area contributed by atoms with Gasteiger partial charge in [-0.25, -0.2) is 31.3 Å². The minimum absolute atomic E-state index is 0.0689. The van der Waals surface area contributed by atoms with Gasteiger partial charge in [0, 0.05) is 33.2 Å². The molecule has 0 radical (unpaired) electrons. The first-order chi connectivity index (χ1) is 13.1. The number of hydrogen-bond acceptors (Lipinski definition) is 6. The fourth-order valence-corrected chi connectivity index (χ4v) is 4.37. The Labute approximate surface area is 157 Å². The molecule has 0 spiro atoms. The zero-order chi connectivity index (χ0) is 20.8. The average molecular weight is 420 g/mol. The first kappa shape index (κ1) is 20.2. The van der Waals surface area contributed by atoms with Crippen LogP contribution < -0.4 is 0 Å². The Bertz CT molecular complexity index is 963. The van der Waals surface area contributed by atoms with E-state index in [1.54, 1.807) is 4.90 Å². The summed E-state index contributed by atoms with van der Waals surface area (Å²) in [6, 6.07) is 0.395. The van der Waals surface area contributed by atoms with Crippen molar-refractivity contribution >= 4 is 27.9 Å². The second-order valence-electron chi connectivity index (χ2n) is 6.22. The van der Waals surface area contributed by atoms with E-state index >= 15 is 0 Å². The van der Waals surface area contributed by atoms with Crippen molar-refractivity contribution in [3.8, 4) is 0 Å². The molecule has 1 aromatic carbocycles. The molecule has 13 heteroatoms. The summed E-state index contributed by atoms with van der Waals surface area (Å²) >= 11 is 0. The first-order valence-electron chi connectivity index (χ1n) is 8.05. The van der Waals surface area contributed by atoms with Crippen LogP contribution in [-0.2, 0) is 19.6 Å². The maximum absolute atomic E-state index is 13.9. The van der Waals surface area contributed by atoms with Crippen LogP contribution in [0.2, 0.25) is 0 Å². The molecule has 0 aromatic heterocycles. The standard InChI is InChI=1S/C15H15F3N4O5S/c1-19-13(23)14(24)22(15(19)25)8-20-4-6-21(7-5-20)28(26,27)10-3-2-9(16)11(17)12(10)18/h2-3H,4-8H2,1H3. The molecule has 9 nitrogen and oxygen atoms in total. The van der Waals surface area contributed by atoms with Crippen molar-refractivity contribution in [2.24, 2.45) is 0 Å². The summed E-state index contributed by atoms with van der Waals surface area (Å²) in [4.78, 5) is 37.2. The van der Waals surface area contributed by atoms with Crippen LogP contribution in [0.1, 0.15) is 0 Å². The van der Waals surface area contributed by atoms with Gasteiger partial charge in [-0.3, -0.25) is 19.4 Å². The number of carbonyl (C=O) groups is 3. The lowest BCUT2D eigenvalue weighted by Crippen LogP contribution is -2.52. The van der Waals surface area contributed by atoms with Crippen LogP contribution in [0.4, 0.5) is 18.0 Å². The summed E-state index contributed by atoms with van der Waals surface area (Å²) in [6.07, 6.45) is 0. The van der Waals surface area contributed by atoms with Crippen LogP contribution in [-0.4, -0.2) is 85.2 Å². The van der Waals surface area contributed by atoms with Gasteiger partial charge in [-0.1, -0.05) is 0 Å². The van der Waals surface area contributed by atoms with E-state index in [0.29, 0.717) is 17.0 Å². The number of amides is 4. The summed E-state index contributed by atoms with van der Waals surface area (Å²) in [5.41, 5.74) is 0. The molecule has 0 bridgehead atoms. The number of piperazine rings is 1. The molecule has 2 aliphatic rings. The molecule has 2 heterocycles. The number of urea groups is 1. The number of likely N-dealkylation sites (N-methyl/N-ethyl adjacent to an activating group) is 1. The van der Waals surface area contributed by atoms with Gasteiger partial charge in [0.1, 0.15) is 4.90 Å². The van der Waals surface area contributed by atoms with Crippen molar-refractivity contribution in [1.82, 2.24) is 19.0 Å². The molecule has 0 atom stereocenters. The van der Waals surface area contributed by atoms with Crippen LogP contribution in [0.15, 0.2) is 17.0 Å². The lowest BCUT2D eigenvalue weighted by atomic mass is 10.3. The monoisotopic (exact) mass is 420 g/mol. The third-order valence-electron chi connectivity index (χ3n) is 4.54. The quantitative estimate of drug-likeness (QED) is 0.380. The van der Waals surface area contributed by atoms with E-state index in [9.17, 15) is 36.0 Å². The molecule has 2 saturated heterocycles. The van der Waals surface area contributed by atoms with Crippen molar-refractivity contribution in [2.75, 3.05) is 39.9 Å². The molecule has 28 heavy (non-hydrogen) atoms. The molecule has 1 aromatic rings. The van der Waals surface area contributed by atoms with Gasteiger partial charge in [-0.2, -0.15) is 4.31 Å². The van der Waals surface area contributed by atoms with Crippen molar-refractivity contribution in [2.45, 2.75) is 4.90 Å². The van der Waals surface area contributed by atoms with Gasteiger partial charge in [0.25, 0.3) is 0 Å². The number of hydrogen-bond donors (Lipinski definition) is 0. The Balaban J connectivity index is 1.69. The number of benzene rings is 1. The fraction of sp³-hybridized carbons (Fsp3) is 0.400. The minimum atomic E-state index is -4.41. The highest BCUT2D eigenvalue weighted by molar-refractivity contribution is 7.89. The second kappa shape index (κ2) is 7.14. The van der Waals surface area contributed by atoms with Gasteiger partial charge < -0.3 is 0 Å². The van der Waals surface area contributed by atoms with E-state index in [-0.39, 0.29) is 32.8 Å². The fourth-order valence-electron chi connectivity index (χ4n) is 2.90. The van der Waals surface area contributed by atoms with Crippen molar-refractivity contribution in [1.29, 1.82) is 0 Å². The molecular weight excluding hydrogens is 405 g/mol. The van der Waals surface area contributed by atoms with E-state index in [0.717, 1.165) is 9.21 Å². The number of carbonyl (C=O) groups excluding carboxylic acids is 3. The van der Waals surface area contributed by atoms with Crippen molar-refractivity contribution < 1.29 is 36.0 Å². The van der Waals surface area contributed by atoms with E-state index in [2.05, 4.69) is 0 Å². The zero-order valence-corrected chi connectivity index (χ0v) is 15.4. The summed E-state index contributed by atoms with van der Waals surface area (Å²) < 4.78 is 66.2. The third-order valence-corrected chi connectivity index (χ3v) is 6.46. The van der Waals surface area contributed by atoms with Gasteiger partial charge in [0.2, 0.25) is 10.0 Å². The van der Waals surface area contributed by atoms with Gasteiger partial charge in [0.15, 0.2) is 17.5 Å². The molecule has 2 fully saturated rings. The van der Waals surface area contributed by atoms with Crippen molar-refractivity contribution in [3.05, 3.63) is 29.6 Å². The van der Waals surface area contributed by atoms with Gasteiger partial charge >= 0.3 is 17.8 Å². The van der Waals surface area contributed by atoms with Crippen LogP contribution in [0.5, 0.6) is 0 Å². The second-order valence-corrected chi connectivity index (χ2v) is 8.12. The molecule has 0 saturated carbocycles. The normalized spacial score (nSPS) is 19.8. The van der Waals surface area contributed by atoms with Crippen LogP contribution in [0.3, 0.4) is 0 Å². The highest BCUT2D eigenvalue weighted by Gasteiger charge is 2.43. The number of sulfonamides is 1. The maximum Gasteiger partial charge on any atom is 0.335 e. The van der Waals surface area contributed by atoms with Crippen LogP contribution in [0.25, 0.3) is 0 Å². The SMILES string of the molecule is CN1C(=O)C(=O)N(CN2CCN(S(=O)(=O)c3ccc(F)c(F)c3F)CC2)C1=O. The van der Waals surface area contributed by atoms with Gasteiger partial charge in [-0.15, -0.1) is 0 Å². The average Bonchev–Trinajstić information content (AvgIpc) is 2.84. The molecule has 0 N–H and O–H groups in total. The summed E-state index contributed by atoms with van der Waals surface area (Å²) in [6.45, 7) is -0.346. The Morgan fingerprint density at radius 2 is 1.54 bits per heavy atom. The van der Waals surface area contributed by atoms with Crippen LogP contribution in [0, 0.1) is 17.5 Å². The molecule has 2 aliphatic heterocycles. The highest BCUT2D eigenvalue weighted by Crippen LogP contribution is 2.24. The van der Waals surface area contributed by atoms with E-state index < -0.39 is 50.2 Å². The smallest absolute Gasteiger partial charge is 0.283 e. The lowest BCUT2D eigenvalue weighted by Gasteiger charge is -2.35. The molecule has 0 unspecified atom stereocenters. The minimum Gasteiger partial charge on any atom is -0.283 e. The van der Waals surface area contributed by atoms with Gasteiger partial charge in [-0.05, 0) is 12.1 Å². The molecular formula is C15H15F3N4O5S.